The minimum absolute atomic E-state index is 0.168. The van der Waals surface area contributed by atoms with E-state index < -0.39 is 17.4 Å². The van der Waals surface area contributed by atoms with E-state index in [0.29, 0.717) is 37.9 Å². The molecule has 1 spiro atoms. The van der Waals surface area contributed by atoms with Gasteiger partial charge in [-0.3, -0.25) is 14.9 Å². The van der Waals surface area contributed by atoms with Crippen molar-refractivity contribution < 1.29 is 22.8 Å². The van der Waals surface area contributed by atoms with Gasteiger partial charge in [0.2, 0.25) is 5.91 Å². The van der Waals surface area contributed by atoms with Crippen LogP contribution in [-0.2, 0) is 22.2 Å². The predicted octanol–water partition coefficient (Wildman–Crippen LogP) is 3.38. The summed E-state index contributed by atoms with van der Waals surface area (Å²) >= 11 is 0. The highest BCUT2D eigenvalue weighted by atomic mass is 19.4. The Balaban J connectivity index is 1.33. The lowest BCUT2D eigenvalue weighted by Crippen LogP contribution is -2.56. The minimum Gasteiger partial charge on any atom is -0.339 e. The molecule has 0 bridgehead atoms. The highest BCUT2D eigenvalue weighted by Gasteiger charge is 2.47. The molecule has 0 aliphatic carbocycles. The number of likely N-dealkylation sites (tertiary alicyclic amines) is 1. The van der Waals surface area contributed by atoms with E-state index in [1.807, 2.05) is 30.3 Å². The number of halogens is 3. The molecule has 1 atom stereocenters. The fourth-order valence-electron chi connectivity index (χ4n) is 4.14. The molecule has 2 heterocycles. The number of carbonyl (C=O) groups is 2. The van der Waals surface area contributed by atoms with Crippen LogP contribution in [0.2, 0.25) is 0 Å². The first kappa shape index (κ1) is 22.1. The van der Waals surface area contributed by atoms with Crippen LogP contribution in [0.1, 0.15) is 29.5 Å². The number of nitrogens with one attached hydrogen (secondary N) is 1. The molecule has 32 heavy (non-hydrogen) atoms. The molecule has 1 N–H and O–H groups in total. The second kappa shape index (κ2) is 8.78. The standard InChI is InChI=1S/C24H23F3N3O2/c25-24(26,27)19-8-4-7-18(15-19)9-10-21(31)30-13-11-23(12-14-30)28-20(22(32)29-23)16-17-5-2-1-3-6-17/h1-10,15,20,28H,11-14,16H2. The van der Waals surface area contributed by atoms with E-state index in [0.717, 1.165) is 17.7 Å². The maximum atomic E-state index is 12.8. The SMILES string of the molecule is O=C1[N]C2(CCN(C(=O)C=Cc3cccc(C(F)(F)F)c3)CC2)NC1Cc1ccccc1. The van der Waals surface area contributed by atoms with Gasteiger partial charge < -0.3 is 4.90 Å². The summed E-state index contributed by atoms with van der Waals surface area (Å²) in [5.74, 6) is -0.444. The highest BCUT2D eigenvalue weighted by molar-refractivity contribution is 5.92. The van der Waals surface area contributed by atoms with Crippen LogP contribution in [-0.4, -0.2) is 41.5 Å². The molecule has 2 aliphatic rings. The van der Waals surface area contributed by atoms with E-state index in [1.54, 1.807) is 4.90 Å². The van der Waals surface area contributed by atoms with Gasteiger partial charge in [0.1, 0.15) is 5.66 Å². The van der Waals surface area contributed by atoms with E-state index in [4.69, 9.17) is 0 Å². The number of benzene rings is 2. The van der Waals surface area contributed by atoms with Crippen LogP contribution < -0.4 is 10.6 Å². The molecule has 1 unspecified atom stereocenters. The summed E-state index contributed by atoms with van der Waals surface area (Å²) in [4.78, 5) is 26.6. The van der Waals surface area contributed by atoms with Crippen molar-refractivity contribution in [2.75, 3.05) is 13.1 Å². The summed E-state index contributed by atoms with van der Waals surface area (Å²) in [7, 11) is 0. The molecule has 1 radical (unpaired) electrons. The maximum absolute atomic E-state index is 12.8. The molecule has 0 saturated carbocycles. The topological polar surface area (TPSA) is 63.5 Å². The summed E-state index contributed by atoms with van der Waals surface area (Å²) in [6.07, 6.45) is -0.175. The van der Waals surface area contributed by atoms with Crippen LogP contribution in [0.25, 0.3) is 6.08 Å². The van der Waals surface area contributed by atoms with Crippen LogP contribution in [0.3, 0.4) is 0 Å². The molecule has 8 heteroatoms. The Morgan fingerprint density at radius 1 is 1.12 bits per heavy atom. The third-order valence-corrected chi connectivity index (χ3v) is 5.88. The Bertz CT molecular complexity index is 1010. The first-order valence-corrected chi connectivity index (χ1v) is 10.5. The average Bonchev–Trinajstić information content (AvgIpc) is 3.07. The van der Waals surface area contributed by atoms with Crippen LogP contribution in [0.15, 0.2) is 60.7 Å². The van der Waals surface area contributed by atoms with Crippen LogP contribution in [0.4, 0.5) is 13.2 Å². The first-order chi connectivity index (χ1) is 15.2. The molecule has 0 aromatic heterocycles. The zero-order valence-electron chi connectivity index (χ0n) is 17.3. The second-order valence-electron chi connectivity index (χ2n) is 8.15. The normalized spacial score (nSPS) is 20.7. The Hall–Kier alpha value is -3.13. The maximum Gasteiger partial charge on any atom is 0.416 e. The number of amides is 2. The quantitative estimate of drug-likeness (QED) is 0.739. The Morgan fingerprint density at radius 3 is 2.53 bits per heavy atom. The van der Waals surface area contributed by atoms with Gasteiger partial charge in [0, 0.05) is 32.0 Å². The Labute approximate surface area is 184 Å². The fraction of sp³-hybridized carbons (Fsp3) is 0.333. The number of hydrogen-bond donors (Lipinski definition) is 1. The number of nitrogens with zero attached hydrogens (tertiary/aromatic N) is 2. The number of carbonyl (C=O) groups excluding carboxylic acids is 2. The van der Waals surface area contributed by atoms with Gasteiger partial charge in [-0.2, -0.15) is 13.2 Å². The van der Waals surface area contributed by atoms with Gasteiger partial charge in [-0.1, -0.05) is 42.5 Å². The number of rotatable bonds is 4. The summed E-state index contributed by atoms with van der Waals surface area (Å²) in [6, 6.07) is 14.2. The van der Waals surface area contributed by atoms with Gasteiger partial charge in [0.15, 0.2) is 0 Å². The van der Waals surface area contributed by atoms with Crippen molar-refractivity contribution in [3.63, 3.8) is 0 Å². The summed E-state index contributed by atoms with van der Waals surface area (Å²) < 4.78 is 38.5. The minimum atomic E-state index is -4.43. The van der Waals surface area contributed by atoms with Crippen LogP contribution >= 0.6 is 0 Å². The van der Waals surface area contributed by atoms with E-state index in [2.05, 4.69) is 10.6 Å². The molecule has 2 saturated heterocycles. The molecule has 2 aromatic carbocycles. The van der Waals surface area contributed by atoms with Gasteiger partial charge in [-0.05, 0) is 35.8 Å². The van der Waals surface area contributed by atoms with Crippen molar-refractivity contribution in [1.82, 2.24) is 15.5 Å². The summed E-state index contributed by atoms with van der Waals surface area (Å²) in [5, 5.41) is 7.73. The van der Waals surface area contributed by atoms with E-state index in [9.17, 15) is 22.8 Å². The second-order valence-corrected chi connectivity index (χ2v) is 8.15. The van der Waals surface area contributed by atoms with Gasteiger partial charge in [-0.25, -0.2) is 5.32 Å². The zero-order chi connectivity index (χ0) is 22.8. The molecule has 5 nitrogen and oxygen atoms in total. The molecular formula is C24H23F3N3O2. The van der Waals surface area contributed by atoms with E-state index >= 15 is 0 Å². The predicted molar refractivity (Wildman–Crippen MR) is 113 cm³/mol. The number of piperidine rings is 1. The first-order valence-electron chi connectivity index (χ1n) is 10.5. The summed E-state index contributed by atoms with van der Waals surface area (Å²) in [5.41, 5.74) is -0.0463. The Kier molecular flexibility index (Phi) is 6.06. The molecule has 2 amide bonds. The fourth-order valence-corrected chi connectivity index (χ4v) is 4.14. The van der Waals surface area contributed by atoms with Gasteiger partial charge in [0.25, 0.3) is 5.91 Å². The molecule has 2 aliphatic heterocycles. The average molecular weight is 442 g/mol. The van der Waals surface area contributed by atoms with E-state index in [1.165, 1.54) is 24.3 Å². The lowest BCUT2D eigenvalue weighted by atomic mass is 9.97. The third kappa shape index (κ3) is 5.02. The largest absolute Gasteiger partial charge is 0.416 e. The molecule has 2 fully saturated rings. The number of hydrogen-bond acceptors (Lipinski definition) is 3. The lowest BCUT2D eigenvalue weighted by Gasteiger charge is -2.37. The Morgan fingerprint density at radius 2 is 1.84 bits per heavy atom. The van der Waals surface area contributed by atoms with Gasteiger partial charge in [-0.15, -0.1) is 0 Å². The van der Waals surface area contributed by atoms with Crippen LogP contribution in [0, 0.1) is 0 Å². The zero-order valence-corrected chi connectivity index (χ0v) is 17.3. The molecule has 167 valence electrons. The van der Waals surface area contributed by atoms with Crippen LogP contribution in [0.5, 0.6) is 0 Å². The molecular weight excluding hydrogens is 419 g/mol. The number of alkyl halides is 3. The summed E-state index contributed by atoms with van der Waals surface area (Å²) in [6.45, 7) is 0.821. The third-order valence-electron chi connectivity index (χ3n) is 5.88. The molecule has 2 aromatic rings. The highest BCUT2D eigenvalue weighted by Crippen LogP contribution is 2.30. The monoisotopic (exact) mass is 442 g/mol. The lowest BCUT2D eigenvalue weighted by molar-refractivity contribution is -0.137. The van der Waals surface area contributed by atoms with Gasteiger partial charge in [0.05, 0.1) is 11.6 Å². The molecule has 4 rings (SSSR count). The van der Waals surface area contributed by atoms with Crippen molar-refractivity contribution in [3.8, 4) is 0 Å². The van der Waals surface area contributed by atoms with E-state index in [-0.39, 0.29) is 17.9 Å². The van der Waals surface area contributed by atoms with Crippen molar-refractivity contribution in [2.24, 2.45) is 0 Å². The van der Waals surface area contributed by atoms with Gasteiger partial charge >= 0.3 is 6.18 Å². The van der Waals surface area contributed by atoms with Crippen molar-refractivity contribution in [1.29, 1.82) is 0 Å². The van der Waals surface area contributed by atoms with Crippen molar-refractivity contribution in [3.05, 3.63) is 77.4 Å². The van der Waals surface area contributed by atoms with Crippen molar-refractivity contribution in [2.45, 2.75) is 37.1 Å². The van der Waals surface area contributed by atoms with Crippen molar-refractivity contribution >= 4 is 17.9 Å². The smallest absolute Gasteiger partial charge is 0.339 e.